The number of nitrogens with zero attached hydrogens (tertiary/aromatic N) is 2. The second-order valence-electron chi connectivity index (χ2n) is 6.80. The average molecular weight is 533 g/mol. The minimum absolute atomic E-state index is 0. The molecule has 1 atom stereocenters. The van der Waals surface area contributed by atoms with E-state index in [0.29, 0.717) is 15.2 Å². The van der Waals surface area contributed by atoms with E-state index in [-0.39, 0.29) is 40.7 Å². The van der Waals surface area contributed by atoms with Crippen molar-refractivity contribution in [1.29, 1.82) is 0 Å². The van der Waals surface area contributed by atoms with Crippen molar-refractivity contribution in [3.05, 3.63) is 74.0 Å². The third kappa shape index (κ3) is 6.04. The number of hydrogen-bond donors (Lipinski definition) is 0. The molecule has 2 aromatic carbocycles. The summed E-state index contributed by atoms with van der Waals surface area (Å²) in [4.78, 5) is 36.6. The molecule has 0 radical (unpaired) electrons. The fraction of sp³-hybridized carbons (Fsp3) is 0.227. The maximum atomic E-state index is 13.2. The van der Waals surface area contributed by atoms with Gasteiger partial charge in [0.1, 0.15) is 11.4 Å². The van der Waals surface area contributed by atoms with Crippen LogP contribution in [0.5, 0.6) is 17.2 Å². The third-order valence-electron chi connectivity index (χ3n) is 4.57. The van der Waals surface area contributed by atoms with Gasteiger partial charge < -0.3 is 14.2 Å². The van der Waals surface area contributed by atoms with Crippen molar-refractivity contribution in [1.82, 2.24) is 9.13 Å². The molecule has 8 nitrogen and oxygen atoms in total. The van der Waals surface area contributed by atoms with Crippen LogP contribution in [0, 0.1) is 0 Å². The number of rotatable bonds is 6. The van der Waals surface area contributed by atoms with E-state index < -0.39 is 35.7 Å². The van der Waals surface area contributed by atoms with Gasteiger partial charge in [-0.25, -0.2) is 14.2 Å². The van der Waals surface area contributed by atoms with Gasteiger partial charge in [0.2, 0.25) is 0 Å². The van der Waals surface area contributed by atoms with Crippen molar-refractivity contribution in [2.24, 2.45) is 7.05 Å². The average Bonchev–Trinajstić information content (AvgIpc) is 2.77. The third-order valence-corrected chi connectivity index (χ3v) is 5.33. The van der Waals surface area contributed by atoms with Crippen LogP contribution in [-0.4, -0.2) is 28.8 Å². The van der Waals surface area contributed by atoms with Crippen LogP contribution in [0.15, 0.2) is 52.1 Å². The Bertz CT molecular complexity index is 1370. The summed E-state index contributed by atoms with van der Waals surface area (Å²) in [6.45, 7) is -0.391. The molecule has 0 bridgehead atoms. The van der Waals surface area contributed by atoms with Crippen molar-refractivity contribution in [2.45, 2.75) is 13.6 Å². The Morgan fingerprint density at radius 1 is 1.09 bits per heavy atom. The molecule has 1 unspecified atom stereocenters. The number of benzene rings is 2. The number of para-hydroxylation sites is 2. The molecule has 35 heavy (non-hydrogen) atoms. The Kier molecular flexibility index (Phi) is 8.75. The van der Waals surface area contributed by atoms with E-state index in [1.807, 2.05) is 0 Å². The number of carbonyl (C=O) groups excluding carboxylic acids is 1. The molecule has 0 aliphatic heterocycles. The summed E-state index contributed by atoms with van der Waals surface area (Å²) in [5.41, 5.74) is -3.84. The van der Waals surface area contributed by atoms with Crippen molar-refractivity contribution in [2.75, 3.05) is 13.7 Å². The molecule has 0 amide bonds. The van der Waals surface area contributed by atoms with E-state index in [2.05, 4.69) is 14.0 Å². The molecular formula is C22H21ClF3N2O6P. The predicted octanol–water partition coefficient (Wildman–Crippen LogP) is 3.69. The molecule has 1 aromatic heterocycles. The van der Waals surface area contributed by atoms with E-state index >= 15 is 0 Å². The van der Waals surface area contributed by atoms with Crippen LogP contribution in [0.2, 0.25) is 5.02 Å². The fourth-order valence-corrected chi connectivity index (χ4v) is 3.61. The van der Waals surface area contributed by atoms with E-state index in [9.17, 15) is 27.6 Å². The number of aromatic nitrogens is 2. The number of alkyl halides is 3. The molecule has 0 aliphatic carbocycles. The Morgan fingerprint density at radius 3 is 2.31 bits per heavy atom. The van der Waals surface area contributed by atoms with Crippen LogP contribution in [0.4, 0.5) is 13.2 Å². The molecule has 0 fully saturated rings. The molecule has 3 aromatic rings. The first kappa shape index (κ1) is 27.9. The van der Waals surface area contributed by atoms with Crippen molar-refractivity contribution in [3.63, 3.8) is 0 Å². The van der Waals surface area contributed by atoms with Gasteiger partial charge in [-0.3, -0.25) is 9.36 Å². The first-order valence-corrected chi connectivity index (χ1v) is 10.4. The lowest BCUT2D eigenvalue weighted by Crippen LogP contribution is -2.41. The molecule has 13 heteroatoms. The zero-order chi connectivity index (χ0) is 25.2. The molecule has 0 saturated carbocycles. The first-order chi connectivity index (χ1) is 15.9. The first-order valence-electron chi connectivity index (χ1n) is 9.40. The van der Waals surface area contributed by atoms with Crippen LogP contribution in [0.1, 0.15) is 13.1 Å². The molecule has 0 spiro atoms. The van der Waals surface area contributed by atoms with E-state index in [1.54, 1.807) is 12.1 Å². The molecule has 1 heterocycles. The van der Waals surface area contributed by atoms with Crippen molar-refractivity contribution >= 4 is 32.1 Å². The number of esters is 1. The monoisotopic (exact) mass is 532 g/mol. The Balaban J connectivity index is 0.00000432. The van der Waals surface area contributed by atoms with Crippen LogP contribution >= 0.6 is 20.8 Å². The molecule has 0 aliphatic rings. The molecule has 188 valence electrons. The highest BCUT2D eigenvalue weighted by Gasteiger charge is 2.35. The van der Waals surface area contributed by atoms with Crippen LogP contribution in [0.25, 0.3) is 5.69 Å². The highest BCUT2D eigenvalue weighted by atomic mass is 35.5. The number of hydrogen-bond acceptors (Lipinski definition) is 6. The Morgan fingerprint density at radius 2 is 1.71 bits per heavy atom. The molecule has 3 rings (SSSR count). The summed E-state index contributed by atoms with van der Waals surface area (Å²) >= 11 is 6.26. The quantitative estimate of drug-likeness (QED) is 0.355. The van der Waals surface area contributed by atoms with Crippen LogP contribution < -0.4 is 26.0 Å². The smallest absolute Gasteiger partial charge is 0.431 e. The van der Waals surface area contributed by atoms with Gasteiger partial charge in [-0.15, -0.1) is 9.24 Å². The minimum Gasteiger partial charge on any atom is -0.478 e. The number of ether oxygens (including phenoxy) is 3. The Hall–Kier alpha value is -3.30. The number of halogens is 4. The summed E-state index contributed by atoms with van der Waals surface area (Å²) < 4.78 is 56.1. The van der Waals surface area contributed by atoms with E-state index in [1.165, 1.54) is 31.4 Å². The van der Waals surface area contributed by atoms with Gasteiger partial charge >= 0.3 is 17.8 Å². The van der Waals surface area contributed by atoms with E-state index in [0.717, 1.165) is 7.05 Å². The van der Waals surface area contributed by atoms with Crippen LogP contribution in [0.3, 0.4) is 0 Å². The van der Waals surface area contributed by atoms with Gasteiger partial charge in [-0.1, -0.05) is 31.2 Å². The summed E-state index contributed by atoms with van der Waals surface area (Å²) in [6, 6.07) is 9.21. The SMILES string of the molecule is C.COC(=O)COc1ccccc1Oc1cc(-n2c(=O)cc(C(F)(F)F)n(C)c2=O)c(P)cc1Cl. The lowest BCUT2D eigenvalue weighted by molar-refractivity contribution is -0.144. The van der Waals surface area contributed by atoms with Gasteiger partial charge in [0.25, 0.3) is 5.56 Å². The highest BCUT2D eigenvalue weighted by Crippen LogP contribution is 2.36. The number of carbonyl (C=O) groups is 1. The molecule has 0 N–H and O–H groups in total. The van der Waals surface area contributed by atoms with Crippen molar-refractivity contribution in [3.8, 4) is 22.9 Å². The van der Waals surface area contributed by atoms with Gasteiger partial charge in [-0.05, 0) is 23.5 Å². The minimum atomic E-state index is -4.89. The second-order valence-corrected chi connectivity index (χ2v) is 7.83. The summed E-state index contributed by atoms with van der Waals surface area (Å²) in [5, 5.41) is 0.333. The zero-order valence-corrected chi connectivity index (χ0v) is 19.6. The standard InChI is InChI=1S/C21H17ClF3N2O6P.CH4/c1-26-17(21(23,24)25)9-18(28)27(20(26)30)12-8-15(11(22)7-16(12)34)33-14-6-4-3-5-13(14)32-10-19(29)31-2;/h3-9H,10,34H2,1-2H3;1H4. The summed E-state index contributed by atoms with van der Waals surface area (Å²) in [5.74, 6) is -0.336. The van der Waals surface area contributed by atoms with Gasteiger partial charge in [-0.2, -0.15) is 13.2 Å². The Labute approximate surface area is 205 Å². The van der Waals surface area contributed by atoms with Gasteiger partial charge in [0.05, 0.1) is 17.8 Å². The lowest BCUT2D eigenvalue weighted by atomic mass is 10.2. The zero-order valence-electron chi connectivity index (χ0n) is 17.7. The second kappa shape index (κ2) is 11.0. The maximum Gasteiger partial charge on any atom is 0.431 e. The molecular weight excluding hydrogens is 512 g/mol. The van der Waals surface area contributed by atoms with E-state index in [4.69, 9.17) is 21.1 Å². The highest BCUT2D eigenvalue weighted by molar-refractivity contribution is 7.27. The summed E-state index contributed by atoms with van der Waals surface area (Å²) in [6.07, 6.45) is -4.89. The predicted molar refractivity (Wildman–Crippen MR) is 127 cm³/mol. The van der Waals surface area contributed by atoms with Gasteiger partial charge in [0, 0.05) is 19.2 Å². The largest absolute Gasteiger partial charge is 0.478 e. The summed E-state index contributed by atoms with van der Waals surface area (Å²) in [7, 11) is 4.37. The topological polar surface area (TPSA) is 88.8 Å². The lowest BCUT2D eigenvalue weighted by Gasteiger charge is -2.17. The fourth-order valence-electron chi connectivity index (χ4n) is 2.92. The molecule has 0 saturated heterocycles. The van der Waals surface area contributed by atoms with Crippen molar-refractivity contribution < 1.29 is 32.2 Å². The van der Waals surface area contributed by atoms with Crippen LogP contribution in [-0.2, 0) is 22.8 Å². The normalized spacial score (nSPS) is 10.9. The maximum absolute atomic E-state index is 13.2. The number of methoxy groups -OCH3 is 1. The van der Waals surface area contributed by atoms with Gasteiger partial charge in [0.15, 0.2) is 18.1 Å².